The fraction of sp³-hybridized carbons (Fsp3) is 0.533. The van der Waals surface area contributed by atoms with Crippen molar-refractivity contribution in [3.8, 4) is 5.75 Å². The summed E-state index contributed by atoms with van der Waals surface area (Å²) >= 11 is 11.7. The molecule has 2 rings (SSSR count). The summed E-state index contributed by atoms with van der Waals surface area (Å²) in [5, 5.41) is 0.600. The molecule has 5 heteroatoms. The van der Waals surface area contributed by atoms with E-state index in [9.17, 15) is 4.79 Å². The summed E-state index contributed by atoms with van der Waals surface area (Å²) in [6.07, 6.45) is 4.51. The van der Waals surface area contributed by atoms with Gasteiger partial charge in [0.15, 0.2) is 6.61 Å². The summed E-state index contributed by atoms with van der Waals surface area (Å²) in [5.41, 5.74) is 0. The van der Waals surface area contributed by atoms with Crippen LogP contribution >= 0.6 is 23.2 Å². The maximum Gasteiger partial charge on any atom is 0.260 e. The summed E-state index contributed by atoms with van der Waals surface area (Å²) in [6, 6.07) is 7.39. The van der Waals surface area contributed by atoms with Gasteiger partial charge in [0.25, 0.3) is 5.91 Å². The number of alkyl halides is 1. The van der Waals surface area contributed by atoms with Gasteiger partial charge in [-0.1, -0.05) is 30.5 Å². The predicted octanol–water partition coefficient (Wildman–Crippen LogP) is 3.73. The van der Waals surface area contributed by atoms with Crippen molar-refractivity contribution in [2.45, 2.75) is 31.7 Å². The van der Waals surface area contributed by atoms with Gasteiger partial charge in [0, 0.05) is 23.5 Å². The molecule has 20 heavy (non-hydrogen) atoms. The Bertz CT molecular complexity index is 447. The minimum Gasteiger partial charge on any atom is -0.484 e. The molecule has 1 saturated carbocycles. The van der Waals surface area contributed by atoms with Crippen LogP contribution in [0, 0.1) is 0 Å². The van der Waals surface area contributed by atoms with Gasteiger partial charge in [-0.2, -0.15) is 0 Å². The molecule has 1 aliphatic rings. The minimum absolute atomic E-state index is 0.00229. The molecule has 0 radical (unpaired) electrons. The molecular weight excluding hydrogens is 297 g/mol. The van der Waals surface area contributed by atoms with E-state index in [1.807, 2.05) is 4.90 Å². The van der Waals surface area contributed by atoms with Crippen LogP contribution < -0.4 is 4.74 Å². The number of nitrogens with zero attached hydrogens (tertiary/aromatic N) is 1. The molecule has 0 aliphatic heterocycles. The van der Waals surface area contributed by atoms with Crippen LogP contribution in [0.15, 0.2) is 24.3 Å². The molecule has 0 spiro atoms. The molecular formula is C15H19Cl2NO2. The molecule has 1 aliphatic carbocycles. The fourth-order valence-electron chi connectivity index (χ4n) is 2.60. The molecule has 0 atom stereocenters. The van der Waals surface area contributed by atoms with Crippen LogP contribution in [0.25, 0.3) is 0 Å². The molecule has 0 N–H and O–H groups in total. The average molecular weight is 316 g/mol. The smallest absolute Gasteiger partial charge is 0.260 e. The van der Waals surface area contributed by atoms with E-state index < -0.39 is 0 Å². The van der Waals surface area contributed by atoms with Crippen LogP contribution in [0.5, 0.6) is 5.75 Å². The summed E-state index contributed by atoms with van der Waals surface area (Å²) in [7, 11) is 0. The quantitative estimate of drug-likeness (QED) is 0.749. The zero-order valence-electron chi connectivity index (χ0n) is 11.4. The standard InChI is InChI=1S/C15H19Cl2NO2/c16-8-9-18(13-5-1-2-6-13)15(19)11-20-14-7-3-4-12(17)10-14/h3-4,7,10,13H,1-2,5-6,8-9,11H2. The molecule has 3 nitrogen and oxygen atoms in total. The molecule has 0 heterocycles. The van der Waals surface area contributed by atoms with E-state index in [1.54, 1.807) is 24.3 Å². The largest absolute Gasteiger partial charge is 0.484 e. The second kappa shape index (κ2) is 7.75. The molecule has 0 bridgehead atoms. The van der Waals surface area contributed by atoms with E-state index in [0.29, 0.717) is 29.2 Å². The van der Waals surface area contributed by atoms with Gasteiger partial charge in [0.05, 0.1) is 0 Å². The monoisotopic (exact) mass is 315 g/mol. The van der Waals surface area contributed by atoms with E-state index in [1.165, 1.54) is 12.8 Å². The van der Waals surface area contributed by atoms with Crippen molar-refractivity contribution in [1.82, 2.24) is 4.90 Å². The third-order valence-electron chi connectivity index (χ3n) is 3.57. The van der Waals surface area contributed by atoms with Gasteiger partial charge >= 0.3 is 0 Å². The van der Waals surface area contributed by atoms with Gasteiger partial charge in [0.2, 0.25) is 0 Å². The number of hydrogen-bond donors (Lipinski definition) is 0. The van der Waals surface area contributed by atoms with Gasteiger partial charge in [-0.05, 0) is 31.0 Å². The van der Waals surface area contributed by atoms with Crippen molar-refractivity contribution < 1.29 is 9.53 Å². The molecule has 1 aromatic rings. The maximum atomic E-state index is 12.3. The Kier molecular flexibility index (Phi) is 5.99. The number of carbonyl (C=O) groups is 1. The highest BCUT2D eigenvalue weighted by Crippen LogP contribution is 2.24. The summed E-state index contributed by atoms with van der Waals surface area (Å²) < 4.78 is 5.52. The highest BCUT2D eigenvalue weighted by molar-refractivity contribution is 6.30. The lowest BCUT2D eigenvalue weighted by molar-refractivity contribution is -0.135. The second-order valence-corrected chi connectivity index (χ2v) is 5.77. The number of ether oxygens (including phenoxy) is 1. The Labute approximate surface area is 129 Å². The van der Waals surface area contributed by atoms with Crippen molar-refractivity contribution in [2.75, 3.05) is 19.0 Å². The zero-order valence-corrected chi connectivity index (χ0v) is 12.9. The Balaban J connectivity index is 1.91. The van der Waals surface area contributed by atoms with Crippen LogP contribution in [-0.4, -0.2) is 35.9 Å². The number of hydrogen-bond acceptors (Lipinski definition) is 2. The molecule has 0 aromatic heterocycles. The normalized spacial score (nSPS) is 15.3. The highest BCUT2D eigenvalue weighted by Gasteiger charge is 2.26. The number of rotatable bonds is 6. The first-order valence-corrected chi connectivity index (χ1v) is 7.86. The van der Waals surface area contributed by atoms with E-state index >= 15 is 0 Å². The van der Waals surface area contributed by atoms with Gasteiger partial charge in [-0.15, -0.1) is 11.6 Å². The lowest BCUT2D eigenvalue weighted by Gasteiger charge is -2.28. The van der Waals surface area contributed by atoms with E-state index in [-0.39, 0.29) is 12.5 Å². The summed E-state index contributed by atoms with van der Waals surface area (Å²) in [6.45, 7) is 0.623. The Morgan fingerprint density at radius 3 is 2.75 bits per heavy atom. The van der Waals surface area contributed by atoms with Crippen molar-refractivity contribution in [1.29, 1.82) is 0 Å². The zero-order chi connectivity index (χ0) is 14.4. The first kappa shape index (κ1) is 15.5. The van der Waals surface area contributed by atoms with Crippen molar-refractivity contribution in [3.05, 3.63) is 29.3 Å². The third-order valence-corrected chi connectivity index (χ3v) is 3.97. The van der Waals surface area contributed by atoms with Crippen LogP contribution in [0.1, 0.15) is 25.7 Å². The number of halogens is 2. The SMILES string of the molecule is O=C(COc1cccc(Cl)c1)N(CCCl)C1CCCC1. The van der Waals surface area contributed by atoms with Crippen molar-refractivity contribution in [2.24, 2.45) is 0 Å². The number of carbonyl (C=O) groups excluding carboxylic acids is 1. The Hall–Kier alpha value is -0.930. The molecule has 110 valence electrons. The lowest BCUT2D eigenvalue weighted by atomic mass is 10.2. The van der Waals surface area contributed by atoms with Crippen LogP contribution in [0.3, 0.4) is 0 Å². The van der Waals surface area contributed by atoms with E-state index in [2.05, 4.69) is 0 Å². The third kappa shape index (κ3) is 4.29. The predicted molar refractivity (Wildman–Crippen MR) is 81.6 cm³/mol. The number of amides is 1. The van der Waals surface area contributed by atoms with Crippen LogP contribution in [0.4, 0.5) is 0 Å². The summed E-state index contributed by atoms with van der Waals surface area (Å²) in [4.78, 5) is 14.2. The Morgan fingerprint density at radius 2 is 2.10 bits per heavy atom. The first-order valence-electron chi connectivity index (χ1n) is 6.94. The second-order valence-electron chi connectivity index (χ2n) is 4.96. The molecule has 1 fully saturated rings. The highest BCUT2D eigenvalue weighted by atomic mass is 35.5. The van der Waals surface area contributed by atoms with Gasteiger partial charge in [0.1, 0.15) is 5.75 Å². The van der Waals surface area contributed by atoms with Crippen molar-refractivity contribution in [3.63, 3.8) is 0 Å². The van der Waals surface area contributed by atoms with Crippen LogP contribution in [0.2, 0.25) is 5.02 Å². The van der Waals surface area contributed by atoms with Gasteiger partial charge in [-0.25, -0.2) is 0 Å². The van der Waals surface area contributed by atoms with E-state index in [4.69, 9.17) is 27.9 Å². The fourth-order valence-corrected chi connectivity index (χ4v) is 2.97. The van der Waals surface area contributed by atoms with Gasteiger partial charge in [-0.3, -0.25) is 4.79 Å². The van der Waals surface area contributed by atoms with E-state index in [0.717, 1.165) is 12.8 Å². The molecule has 0 unspecified atom stereocenters. The topological polar surface area (TPSA) is 29.5 Å². The number of benzene rings is 1. The minimum atomic E-state index is -0.00229. The average Bonchev–Trinajstić information content (AvgIpc) is 2.96. The lowest BCUT2D eigenvalue weighted by Crippen LogP contribution is -2.42. The Morgan fingerprint density at radius 1 is 1.35 bits per heavy atom. The molecule has 0 saturated heterocycles. The molecule has 1 amide bonds. The molecule has 1 aromatic carbocycles. The maximum absolute atomic E-state index is 12.3. The van der Waals surface area contributed by atoms with Gasteiger partial charge < -0.3 is 9.64 Å². The van der Waals surface area contributed by atoms with Crippen molar-refractivity contribution >= 4 is 29.1 Å². The first-order chi connectivity index (χ1) is 9.70. The summed E-state index contributed by atoms with van der Waals surface area (Å²) in [5.74, 6) is 1.07. The van der Waals surface area contributed by atoms with Crippen LogP contribution in [-0.2, 0) is 4.79 Å².